The average Bonchev–Trinajstić information content (AvgIpc) is 2.62. The topological polar surface area (TPSA) is 0 Å². The van der Waals surface area contributed by atoms with Gasteiger partial charge in [-0.15, -0.1) is 0 Å². The van der Waals surface area contributed by atoms with E-state index in [1.54, 1.807) is 0 Å². The van der Waals surface area contributed by atoms with Gasteiger partial charge in [-0.3, -0.25) is 0 Å². The van der Waals surface area contributed by atoms with Crippen molar-refractivity contribution in [2.45, 2.75) is 17.7 Å². The van der Waals surface area contributed by atoms with Gasteiger partial charge in [0.25, 0.3) is 0 Å². The third-order valence-corrected chi connectivity index (χ3v) is 4.42. The van der Waals surface area contributed by atoms with Gasteiger partial charge in [0.2, 0.25) is 0 Å². The zero-order valence-corrected chi connectivity index (χ0v) is 12.6. The Hall–Kier alpha value is -0.600. The summed E-state index contributed by atoms with van der Waals surface area (Å²) in [7, 11) is 0. The van der Waals surface area contributed by atoms with Crippen LogP contribution >= 0.6 is 31.9 Å². The zero-order chi connectivity index (χ0) is 12.0. The molecule has 2 heteroatoms. The van der Waals surface area contributed by atoms with Crippen LogP contribution in [0, 0.1) is 0 Å². The quantitative estimate of drug-likeness (QED) is 0.608. The van der Waals surface area contributed by atoms with Crippen LogP contribution in [0.4, 0.5) is 0 Å². The molecule has 3 rings (SSSR count). The molecule has 1 aliphatic carbocycles. The fourth-order valence-corrected chi connectivity index (χ4v) is 3.66. The van der Waals surface area contributed by atoms with Gasteiger partial charge >= 0.3 is 0 Å². The van der Waals surface area contributed by atoms with E-state index in [1.165, 1.54) is 22.3 Å². The van der Waals surface area contributed by atoms with E-state index in [4.69, 9.17) is 0 Å². The van der Waals surface area contributed by atoms with Gasteiger partial charge in [-0.25, -0.2) is 0 Å². The molecule has 0 nitrogen and oxygen atoms in total. The highest BCUT2D eigenvalue weighted by Gasteiger charge is 2.31. The monoisotopic (exact) mass is 350 g/mol. The van der Waals surface area contributed by atoms with Crippen molar-refractivity contribution in [2.24, 2.45) is 0 Å². The lowest BCUT2D eigenvalue weighted by Gasteiger charge is -2.16. The van der Waals surface area contributed by atoms with E-state index in [2.05, 4.69) is 81.2 Å². The molecule has 17 heavy (non-hydrogen) atoms. The Morgan fingerprint density at radius 2 is 1.71 bits per heavy atom. The second-order valence-electron chi connectivity index (χ2n) is 4.47. The highest BCUT2D eigenvalue weighted by atomic mass is 79.9. The summed E-state index contributed by atoms with van der Waals surface area (Å²) in [5.74, 6) is 0.457. The van der Waals surface area contributed by atoms with E-state index < -0.39 is 0 Å². The lowest BCUT2D eigenvalue weighted by molar-refractivity contribution is 0.828. The summed E-state index contributed by atoms with van der Waals surface area (Å²) < 4.78 is 1.15. The number of hydrogen-bond donors (Lipinski definition) is 0. The summed E-state index contributed by atoms with van der Waals surface area (Å²) in [6.07, 6.45) is 0. The predicted molar refractivity (Wildman–Crippen MR) is 79.8 cm³/mol. The molecule has 0 spiro atoms. The number of halogens is 2. The van der Waals surface area contributed by atoms with Crippen LogP contribution in [0.3, 0.4) is 0 Å². The van der Waals surface area contributed by atoms with Crippen molar-refractivity contribution in [3.63, 3.8) is 0 Å². The van der Waals surface area contributed by atoms with Crippen LogP contribution in [0.1, 0.15) is 24.0 Å². The van der Waals surface area contributed by atoms with E-state index in [9.17, 15) is 0 Å². The molecule has 0 bridgehead atoms. The maximum absolute atomic E-state index is 3.75. The third kappa shape index (κ3) is 1.78. The van der Waals surface area contributed by atoms with E-state index in [-0.39, 0.29) is 0 Å². The van der Waals surface area contributed by atoms with Crippen molar-refractivity contribution in [1.29, 1.82) is 0 Å². The Morgan fingerprint density at radius 3 is 2.47 bits per heavy atom. The normalized spacial score (nSPS) is 18.6. The molecule has 86 valence electrons. The standard InChI is InChI=1S/C15H12Br2/c1-9(16)15-13-5-3-2-4-11(13)12-7-6-10(17)8-14(12)15/h2-9,15H,1H3/t9-,15-/m1/s1. The first-order valence-corrected chi connectivity index (χ1v) is 7.42. The van der Waals surface area contributed by atoms with Crippen LogP contribution in [0.15, 0.2) is 46.9 Å². The molecule has 0 fully saturated rings. The Kier molecular flexibility index (Phi) is 2.87. The molecule has 2 atom stereocenters. The third-order valence-electron chi connectivity index (χ3n) is 3.39. The van der Waals surface area contributed by atoms with Crippen molar-refractivity contribution in [3.8, 4) is 11.1 Å². The van der Waals surface area contributed by atoms with E-state index in [0.717, 1.165) is 4.47 Å². The van der Waals surface area contributed by atoms with Crippen molar-refractivity contribution in [2.75, 3.05) is 0 Å². The van der Waals surface area contributed by atoms with E-state index >= 15 is 0 Å². The van der Waals surface area contributed by atoms with Crippen LogP contribution < -0.4 is 0 Å². The van der Waals surface area contributed by atoms with Crippen LogP contribution in [0.2, 0.25) is 0 Å². The summed E-state index contributed by atoms with van der Waals surface area (Å²) in [6, 6.07) is 15.3. The van der Waals surface area contributed by atoms with Gasteiger partial charge in [0.1, 0.15) is 0 Å². The molecule has 0 heterocycles. The Balaban J connectivity index is 2.29. The van der Waals surface area contributed by atoms with Gasteiger partial charge < -0.3 is 0 Å². The summed E-state index contributed by atoms with van der Waals surface area (Å²) in [5, 5.41) is 0. The Morgan fingerprint density at radius 1 is 1.00 bits per heavy atom. The maximum atomic E-state index is 3.75. The largest absolute Gasteiger partial charge is 0.0883 e. The Bertz CT molecular complexity index is 573. The van der Waals surface area contributed by atoms with Crippen molar-refractivity contribution < 1.29 is 0 Å². The average molecular weight is 352 g/mol. The van der Waals surface area contributed by atoms with E-state index in [0.29, 0.717) is 10.7 Å². The van der Waals surface area contributed by atoms with Crippen molar-refractivity contribution in [3.05, 3.63) is 58.1 Å². The maximum Gasteiger partial charge on any atom is 0.0227 e. The fourth-order valence-electron chi connectivity index (χ4n) is 2.71. The molecule has 0 radical (unpaired) electrons. The lowest BCUT2D eigenvalue weighted by atomic mass is 9.94. The minimum atomic E-state index is 0.444. The fraction of sp³-hybridized carbons (Fsp3) is 0.200. The number of hydrogen-bond acceptors (Lipinski definition) is 0. The molecule has 2 aromatic rings. The molecule has 0 aromatic heterocycles. The van der Waals surface area contributed by atoms with Gasteiger partial charge in [-0.2, -0.15) is 0 Å². The van der Waals surface area contributed by atoms with Gasteiger partial charge in [0.15, 0.2) is 0 Å². The van der Waals surface area contributed by atoms with Gasteiger partial charge in [0, 0.05) is 15.2 Å². The first-order valence-electron chi connectivity index (χ1n) is 5.71. The molecular weight excluding hydrogens is 340 g/mol. The molecule has 1 aliphatic rings. The molecule has 2 aromatic carbocycles. The number of fused-ring (bicyclic) bond motifs is 3. The minimum Gasteiger partial charge on any atom is -0.0883 e. The molecule has 0 saturated carbocycles. The highest BCUT2D eigenvalue weighted by Crippen LogP contribution is 2.48. The smallest absolute Gasteiger partial charge is 0.0227 e. The molecule has 0 amide bonds. The van der Waals surface area contributed by atoms with Crippen molar-refractivity contribution in [1.82, 2.24) is 0 Å². The predicted octanol–water partition coefficient (Wildman–Crippen LogP) is 5.34. The van der Waals surface area contributed by atoms with Crippen LogP contribution in [-0.2, 0) is 0 Å². The van der Waals surface area contributed by atoms with Gasteiger partial charge in [0.05, 0.1) is 0 Å². The van der Waals surface area contributed by atoms with E-state index in [1.807, 2.05) is 0 Å². The first-order chi connectivity index (χ1) is 8.18. The van der Waals surface area contributed by atoms with Crippen LogP contribution in [0.25, 0.3) is 11.1 Å². The minimum absolute atomic E-state index is 0.444. The second kappa shape index (κ2) is 4.25. The molecule has 0 N–H and O–H groups in total. The molecule has 0 aliphatic heterocycles. The summed E-state index contributed by atoms with van der Waals surface area (Å²) >= 11 is 7.32. The zero-order valence-electron chi connectivity index (χ0n) is 9.45. The summed E-state index contributed by atoms with van der Waals surface area (Å²) in [6.45, 7) is 2.22. The number of rotatable bonds is 1. The SMILES string of the molecule is C[C@@H](Br)[C@@H]1c2ccccc2-c2ccc(Br)cc21. The highest BCUT2D eigenvalue weighted by molar-refractivity contribution is 9.10. The molecular formula is C15H12Br2. The van der Waals surface area contributed by atoms with Crippen LogP contribution in [-0.4, -0.2) is 4.83 Å². The molecule has 0 saturated heterocycles. The van der Waals surface area contributed by atoms with Gasteiger partial charge in [-0.1, -0.05) is 69.1 Å². The summed E-state index contributed by atoms with van der Waals surface area (Å²) in [5.41, 5.74) is 5.61. The summed E-state index contributed by atoms with van der Waals surface area (Å²) in [4.78, 5) is 0.444. The number of alkyl halides is 1. The Labute approximate surface area is 118 Å². The number of benzene rings is 2. The second-order valence-corrected chi connectivity index (χ2v) is 6.83. The van der Waals surface area contributed by atoms with Gasteiger partial charge in [-0.05, 0) is 34.4 Å². The first kappa shape index (κ1) is 11.5. The van der Waals surface area contributed by atoms with Crippen LogP contribution in [0.5, 0.6) is 0 Å². The van der Waals surface area contributed by atoms with Crippen molar-refractivity contribution >= 4 is 31.9 Å². The lowest BCUT2D eigenvalue weighted by Crippen LogP contribution is -2.07. The molecule has 0 unspecified atom stereocenters.